The summed E-state index contributed by atoms with van der Waals surface area (Å²) in [4.78, 5) is 11.5. The van der Waals surface area contributed by atoms with Gasteiger partial charge in [-0.1, -0.05) is 13.0 Å². The van der Waals surface area contributed by atoms with Crippen LogP contribution in [0.3, 0.4) is 0 Å². The number of rotatable bonds is 6. The van der Waals surface area contributed by atoms with Crippen LogP contribution >= 0.6 is 11.6 Å². The molecule has 1 atom stereocenters. The minimum Gasteiger partial charge on any atom is -0.493 e. The lowest BCUT2D eigenvalue weighted by Gasteiger charge is -2.13. The van der Waals surface area contributed by atoms with Crippen LogP contribution in [0.1, 0.15) is 31.2 Å². The molecule has 0 radical (unpaired) electrons. The summed E-state index contributed by atoms with van der Waals surface area (Å²) in [5.41, 5.74) is 0.739. The quantitative estimate of drug-likeness (QED) is 0.732. The largest absolute Gasteiger partial charge is 0.493 e. The van der Waals surface area contributed by atoms with E-state index in [0.717, 1.165) is 5.56 Å². The van der Waals surface area contributed by atoms with E-state index < -0.39 is 5.38 Å². The molecule has 1 aromatic rings. The van der Waals surface area contributed by atoms with Gasteiger partial charge in [0.2, 0.25) is 0 Å². The highest BCUT2D eigenvalue weighted by Gasteiger charge is 2.17. The summed E-state index contributed by atoms with van der Waals surface area (Å²) >= 11 is 6.08. The molecule has 0 bridgehead atoms. The summed E-state index contributed by atoms with van der Waals surface area (Å²) in [5, 5.41) is -0.620. The predicted molar refractivity (Wildman–Crippen MR) is 68.1 cm³/mol. The first kappa shape index (κ1) is 13.8. The van der Waals surface area contributed by atoms with Gasteiger partial charge in [0.15, 0.2) is 17.3 Å². The molecule has 0 saturated heterocycles. The zero-order chi connectivity index (χ0) is 12.8. The highest BCUT2D eigenvalue weighted by molar-refractivity contribution is 6.31. The van der Waals surface area contributed by atoms with Gasteiger partial charge in [-0.3, -0.25) is 4.79 Å². The number of ketones is 1. The molecule has 1 unspecified atom stereocenters. The summed E-state index contributed by atoms with van der Waals surface area (Å²) < 4.78 is 10.6. The molecule has 3 nitrogen and oxygen atoms in total. The molecule has 0 fully saturated rings. The van der Waals surface area contributed by atoms with Crippen LogP contribution in [-0.2, 0) is 4.79 Å². The highest BCUT2D eigenvalue weighted by atomic mass is 35.5. The monoisotopic (exact) mass is 256 g/mol. The summed E-state index contributed by atoms with van der Waals surface area (Å²) in [6.45, 7) is 4.22. The summed E-state index contributed by atoms with van der Waals surface area (Å²) in [6.07, 6.45) is 0.421. The molecule has 0 N–H and O–H groups in total. The Morgan fingerprint density at radius 3 is 2.59 bits per heavy atom. The van der Waals surface area contributed by atoms with Crippen LogP contribution in [0.4, 0.5) is 0 Å². The minimum absolute atomic E-state index is 0.000665. The van der Waals surface area contributed by atoms with Gasteiger partial charge in [-0.15, -0.1) is 11.6 Å². The first-order chi connectivity index (χ1) is 8.13. The maximum Gasteiger partial charge on any atom is 0.161 e. The Morgan fingerprint density at radius 2 is 2.06 bits per heavy atom. The summed E-state index contributed by atoms with van der Waals surface area (Å²) in [5.74, 6) is 1.25. The Morgan fingerprint density at radius 1 is 1.35 bits per heavy atom. The van der Waals surface area contributed by atoms with Crippen LogP contribution in [0.5, 0.6) is 11.5 Å². The number of carbonyl (C=O) groups is 1. The van der Waals surface area contributed by atoms with Crippen molar-refractivity contribution in [1.82, 2.24) is 0 Å². The van der Waals surface area contributed by atoms with Gasteiger partial charge in [0.1, 0.15) is 5.38 Å². The second-order valence-corrected chi connectivity index (χ2v) is 3.96. The second-order valence-electron chi connectivity index (χ2n) is 3.53. The molecule has 0 aliphatic heterocycles. The molecule has 0 saturated carbocycles. The van der Waals surface area contributed by atoms with Crippen LogP contribution in [0.15, 0.2) is 18.2 Å². The lowest BCUT2D eigenvalue weighted by atomic mass is 10.1. The fourth-order valence-electron chi connectivity index (χ4n) is 1.48. The fourth-order valence-corrected chi connectivity index (χ4v) is 1.77. The standard InChI is InChI=1S/C13H17ClO3/c1-4-10(15)13(14)9-6-7-11(16-3)12(8-9)17-5-2/h6-8,13H,4-5H2,1-3H3. The molecule has 94 valence electrons. The van der Waals surface area contributed by atoms with E-state index in [2.05, 4.69) is 0 Å². The number of ether oxygens (including phenoxy) is 2. The van der Waals surface area contributed by atoms with Crippen LogP contribution in [-0.4, -0.2) is 19.5 Å². The van der Waals surface area contributed by atoms with Crippen molar-refractivity contribution in [1.29, 1.82) is 0 Å². The van der Waals surface area contributed by atoms with E-state index in [9.17, 15) is 4.79 Å². The SMILES string of the molecule is CCOc1cc(C(Cl)C(=O)CC)ccc1OC. The normalized spacial score (nSPS) is 12.0. The van der Waals surface area contributed by atoms with Gasteiger partial charge in [0, 0.05) is 6.42 Å². The van der Waals surface area contributed by atoms with Crippen molar-refractivity contribution in [2.75, 3.05) is 13.7 Å². The Hall–Kier alpha value is -1.22. The number of hydrogen-bond donors (Lipinski definition) is 0. The molecule has 1 aromatic carbocycles. The zero-order valence-corrected chi connectivity index (χ0v) is 11.1. The van der Waals surface area contributed by atoms with Crippen molar-refractivity contribution < 1.29 is 14.3 Å². The van der Waals surface area contributed by atoms with E-state index in [1.165, 1.54) is 0 Å². The molecule has 0 aromatic heterocycles. The number of alkyl halides is 1. The lowest BCUT2D eigenvalue weighted by Crippen LogP contribution is -2.06. The molecule has 4 heteroatoms. The molecule has 0 aliphatic rings. The summed E-state index contributed by atoms with van der Waals surface area (Å²) in [6, 6.07) is 5.30. The van der Waals surface area contributed by atoms with Crippen molar-refractivity contribution in [3.63, 3.8) is 0 Å². The molecule has 1 rings (SSSR count). The van der Waals surface area contributed by atoms with E-state index in [1.54, 1.807) is 32.2 Å². The van der Waals surface area contributed by atoms with Gasteiger partial charge in [-0.05, 0) is 24.6 Å². The van der Waals surface area contributed by atoms with Crippen molar-refractivity contribution >= 4 is 17.4 Å². The maximum atomic E-state index is 11.5. The van der Waals surface area contributed by atoms with Gasteiger partial charge in [0.05, 0.1) is 13.7 Å². The van der Waals surface area contributed by atoms with Gasteiger partial charge in [0.25, 0.3) is 0 Å². The van der Waals surface area contributed by atoms with E-state index in [-0.39, 0.29) is 5.78 Å². The number of carbonyl (C=O) groups excluding carboxylic acids is 1. The predicted octanol–water partition coefficient (Wildman–Crippen LogP) is 3.35. The van der Waals surface area contributed by atoms with Gasteiger partial charge >= 0.3 is 0 Å². The highest BCUT2D eigenvalue weighted by Crippen LogP contribution is 2.33. The number of halogens is 1. The molecule has 0 heterocycles. The van der Waals surface area contributed by atoms with Crippen LogP contribution in [0.2, 0.25) is 0 Å². The van der Waals surface area contributed by atoms with Crippen molar-refractivity contribution in [3.05, 3.63) is 23.8 Å². The Labute approximate surface area is 107 Å². The number of benzene rings is 1. The van der Waals surface area contributed by atoms with Gasteiger partial charge in [-0.25, -0.2) is 0 Å². The third-order valence-corrected chi connectivity index (χ3v) is 2.91. The Bertz CT molecular complexity index is 390. The Kier molecular flexibility index (Phi) is 5.29. The molecule has 0 spiro atoms. The third-order valence-electron chi connectivity index (χ3n) is 2.41. The number of methoxy groups -OCH3 is 1. The smallest absolute Gasteiger partial charge is 0.161 e. The molecule has 0 aliphatic carbocycles. The first-order valence-electron chi connectivity index (χ1n) is 5.61. The first-order valence-corrected chi connectivity index (χ1v) is 6.05. The van der Waals surface area contributed by atoms with Gasteiger partial charge in [-0.2, -0.15) is 0 Å². The zero-order valence-electron chi connectivity index (χ0n) is 10.3. The molecule has 17 heavy (non-hydrogen) atoms. The van der Waals surface area contributed by atoms with Crippen molar-refractivity contribution in [2.24, 2.45) is 0 Å². The average molecular weight is 257 g/mol. The van der Waals surface area contributed by atoms with Crippen LogP contribution in [0.25, 0.3) is 0 Å². The third kappa shape index (κ3) is 3.37. The topological polar surface area (TPSA) is 35.5 Å². The van der Waals surface area contributed by atoms with Crippen LogP contribution < -0.4 is 9.47 Å². The van der Waals surface area contributed by atoms with Crippen molar-refractivity contribution in [3.8, 4) is 11.5 Å². The minimum atomic E-state index is -0.620. The van der Waals surface area contributed by atoms with E-state index in [0.29, 0.717) is 24.5 Å². The molecule has 0 amide bonds. The van der Waals surface area contributed by atoms with Crippen molar-refractivity contribution in [2.45, 2.75) is 25.6 Å². The molecular formula is C13H17ClO3. The van der Waals surface area contributed by atoms with Gasteiger partial charge < -0.3 is 9.47 Å². The van der Waals surface area contributed by atoms with E-state index >= 15 is 0 Å². The molecular weight excluding hydrogens is 240 g/mol. The Balaban J connectivity index is 3.02. The van der Waals surface area contributed by atoms with E-state index in [1.807, 2.05) is 6.92 Å². The van der Waals surface area contributed by atoms with E-state index in [4.69, 9.17) is 21.1 Å². The lowest BCUT2D eigenvalue weighted by molar-refractivity contribution is -0.118. The summed E-state index contributed by atoms with van der Waals surface area (Å²) in [7, 11) is 1.58. The number of Topliss-reactive ketones (excluding diaryl/α,β-unsaturated/α-hetero) is 1. The maximum absolute atomic E-state index is 11.5. The average Bonchev–Trinajstić information content (AvgIpc) is 2.37. The second kappa shape index (κ2) is 6.50. The number of hydrogen-bond acceptors (Lipinski definition) is 3. The fraction of sp³-hybridized carbons (Fsp3) is 0.462. The van der Waals surface area contributed by atoms with Crippen LogP contribution in [0, 0.1) is 0 Å².